The second-order valence-electron chi connectivity index (χ2n) is 5.49. The zero-order valence-corrected chi connectivity index (χ0v) is 12.2. The van der Waals surface area contributed by atoms with Crippen molar-refractivity contribution in [1.82, 2.24) is 5.32 Å². The van der Waals surface area contributed by atoms with E-state index in [2.05, 4.69) is 23.5 Å². The Kier molecular flexibility index (Phi) is 5.23. The van der Waals surface area contributed by atoms with E-state index in [-0.39, 0.29) is 12.2 Å². The summed E-state index contributed by atoms with van der Waals surface area (Å²) in [6, 6.07) is 8.34. The quantitative estimate of drug-likeness (QED) is 0.885. The molecule has 0 saturated carbocycles. The summed E-state index contributed by atoms with van der Waals surface area (Å²) < 4.78 is 11.8. The van der Waals surface area contributed by atoms with Gasteiger partial charge in [-0.05, 0) is 51.4 Å². The molecule has 2 atom stereocenters. The third-order valence-corrected chi connectivity index (χ3v) is 3.47. The molecule has 1 fully saturated rings. The molecule has 1 aliphatic rings. The first kappa shape index (κ1) is 14.4. The topological polar surface area (TPSA) is 30.5 Å². The van der Waals surface area contributed by atoms with Gasteiger partial charge in [0, 0.05) is 19.1 Å². The van der Waals surface area contributed by atoms with Crippen LogP contribution in [0.1, 0.15) is 38.4 Å². The Balaban J connectivity index is 2.14. The van der Waals surface area contributed by atoms with Crippen molar-refractivity contribution in [2.75, 3.05) is 20.2 Å². The lowest BCUT2D eigenvalue weighted by Gasteiger charge is -2.32. The zero-order valence-electron chi connectivity index (χ0n) is 12.2. The molecule has 0 amide bonds. The molecule has 19 heavy (non-hydrogen) atoms. The van der Waals surface area contributed by atoms with Crippen LogP contribution in [0.4, 0.5) is 0 Å². The average molecular weight is 263 g/mol. The maximum absolute atomic E-state index is 5.99. The van der Waals surface area contributed by atoms with Crippen LogP contribution in [0.15, 0.2) is 24.3 Å². The molecular formula is C16H25NO2. The molecule has 0 spiro atoms. The maximum Gasteiger partial charge on any atom is 0.120 e. The molecule has 2 unspecified atom stereocenters. The first-order valence-electron chi connectivity index (χ1n) is 7.23. The Bertz CT molecular complexity index is 390. The van der Waals surface area contributed by atoms with E-state index in [9.17, 15) is 0 Å². The predicted octanol–water partition coefficient (Wildman–Crippen LogP) is 3.16. The van der Waals surface area contributed by atoms with Gasteiger partial charge >= 0.3 is 0 Å². The van der Waals surface area contributed by atoms with Crippen molar-refractivity contribution in [3.63, 3.8) is 0 Å². The third kappa shape index (κ3) is 3.95. The molecular weight excluding hydrogens is 238 g/mol. The number of hydrogen-bond acceptors (Lipinski definition) is 3. The second kappa shape index (κ2) is 6.92. The molecule has 0 aliphatic carbocycles. The van der Waals surface area contributed by atoms with Crippen molar-refractivity contribution in [1.29, 1.82) is 0 Å². The van der Waals surface area contributed by atoms with Crippen LogP contribution in [0.2, 0.25) is 0 Å². The van der Waals surface area contributed by atoms with Crippen molar-refractivity contribution >= 4 is 0 Å². The highest BCUT2D eigenvalue weighted by molar-refractivity contribution is 5.30. The van der Waals surface area contributed by atoms with E-state index < -0.39 is 0 Å². The molecule has 3 heteroatoms. The number of benzene rings is 1. The lowest BCUT2D eigenvalue weighted by Crippen LogP contribution is -2.30. The van der Waals surface area contributed by atoms with Gasteiger partial charge in [0.25, 0.3) is 0 Å². The highest BCUT2D eigenvalue weighted by Gasteiger charge is 2.27. The van der Waals surface area contributed by atoms with Gasteiger partial charge in [-0.15, -0.1) is 0 Å². The van der Waals surface area contributed by atoms with Gasteiger partial charge in [0.2, 0.25) is 0 Å². The minimum Gasteiger partial charge on any atom is -0.491 e. The van der Waals surface area contributed by atoms with Crippen LogP contribution in [-0.2, 0) is 4.74 Å². The van der Waals surface area contributed by atoms with Crippen molar-refractivity contribution in [3.05, 3.63) is 29.8 Å². The lowest BCUT2D eigenvalue weighted by atomic mass is 9.89. The third-order valence-electron chi connectivity index (χ3n) is 3.47. The lowest BCUT2D eigenvalue weighted by molar-refractivity contribution is -0.0273. The minimum absolute atomic E-state index is 0.192. The maximum atomic E-state index is 5.99. The molecule has 0 radical (unpaired) electrons. The Morgan fingerprint density at radius 3 is 3.00 bits per heavy atom. The van der Waals surface area contributed by atoms with Crippen LogP contribution in [0.25, 0.3) is 0 Å². The molecule has 1 saturated heterocycles. The van der Waals surface area contributed by atoms with E-state index in [4.69, 9.17) is 9.47 Å². The van der Waals surface area contributed by atoms with Gasteiger partial charge in [-0.3, -0.25) is 0 Å². The van der Waals surface area contributed by atoms with Gasteiger partial charge in [0.1, 0.15) is 5.75 Å². The van der Waals surface area contributed by atoms with E-state index in [0.29, 0.717) is 5.92 Å². The van der Waals surface area contributed by atoms with Crippen molar-refractivity contribution in [3.8, 4) is 5.75 Å². The molecule has 1 heterocycles. The standard InChI is InChI=1S/C16H25NO2/c1-12(2)19-15-8-4-6-13(10-15)16-14(11-17-3)7-5-9-18-16/h4,6,8,10,12,14,16-17H,5,7,9,11H2,1-3H3. The van der Waals surface area contributed by atoms with E-state index in [1.54, 1.807) is 0 Å². The normalized spacial score (nSPS) is 23.6. The summed E-state index contributed by atoms with van der Waals surface area (Å²) in [5, 5.41) is 3.27. The molecule has 1 aromatic carbocycles. The zero-order chi connectivity index (χ0) is 13.7. The molecule has 0 bridgehead atoms. The van der Waals surface area contributed by atoms with E-state index in [1.165, 1.54) is 12.0 Å². The smallest absolute Gasteiger partial charge is 0.120 e. The Labute approximate surface area is 116 Å². The van der Waals surface area contributed by atoms with Gasteiger partial charge in [-0.25, -0.2) is 0 Å². The van der Waals surface area contributed by atoms with Crippen LogP contribution < -0.4 is 10.1 Å². The average Bonchev–Trinajstić information content (AvgIpc) is 2.39. The SMILES string of the molecule is CNCC1CCCOC1c1cccc(OC(C)C)c1. The highest BCUT2D eigenvalue weighted by Crippen LogP contribution is 2.34. The van der Waals surface area contributed by atoms with Gasteiger partial charge in [0.05, 0.1) is 12.2 Å². The molecule has 1 aliphatic heterocycles. The van der Waals surface area contributed by atoms with E-state index >= 15 is 0 Å². The van der Waals surface area contributed by atoms with Gasteiger partial charge in [0.15, 0.2) is 0 Å². The fraction of sp³-hybridized carbons (Fsp3) is 0.625. The van der Waals surface area contributed by atoms with Crippen LogP contribution in [0.3, 0.4) is 0 Å². The molecule has 2 rings (SSSR count). The Morgan fingerprint density at radius 1 is 1.42 bits per heavy atom. The number of hydrogen-bond donors (Lipinski definition) is 1. The first-order valence-corrected chi connectivity index (χ1v) is 7.23. The van der Waals surface area contributed by atoms with Crippen molar-refractivity contribution in [2.24, 2.45) is 5.92 Å². The largest absolute Gasteiger partial charge is 0.491 e. The van der Waals surface area contributed by atoms with Crippen molar-refractivity contribution < 1.29 is 9.47 Å². The summed E-state index contributed by atoms with van der Waals surface area (Å²) in [7, 11) is 2.00. The fourth-order valence-corrected chi connectivity index (χ4v) is 2.72. The van der Waals surface area contributed by atoms with E-state index in [1.807, 2.05) is 27.0 Å². The first-order chi connectivity index (χ1) is 9.20. The molecule has 1 aromatic rings. The van der Waals surface area contributed by atoms with Crippen LogP contribution in [0, 0.1) is 5.92 Å². The summed E-state index contributed by atoms with van der Waals surface area (Å²) in [4.78, 5) is 0. The number of ether oxygens (including phenoxy) is 2. The van der Waals surface area contributed by atoms with Gasteiger partial charge in [-0.1, -0.05) is 12.1 Å². The van der Waals surface area contributed by atoms with E-state index in [0.717, 1.165) is 25.3 Å². The summed E-state index contributed by atoms with van der Waals surface area (Å²) in [5.74, 6) is 1.48. The summed E-state index contributed by atoms with van der Waals surface area (Å²) in [5.41, 5.74) is 1.23. The fourth-order valence-electron chi connectivity index (χ4n) is 2.72. The van der Waals surface area contributed by atoms with Crippen LogP contribution in [0.5, 0.6) is 5.75 Å². The summed E-state index contributed by atoms with van der Waals surface area (Å²) in [6.45, 7) is 5.96. The predicted molar refractivity (Wildman–Crippen MR) is 77.5 cm³/mol. The summed E-state index contributed by atoms with van der Waals surface area (Å²) in [6.07, 6.45) is 2.78. The van der Waals surface area contributed by atoms with Crippen molar-refractivity contribution in [2.45, 2.75) is 38.9 Å². The number of nitrogens with one attached hydrogen (secondary N) is 1. The minimum atomic E-state index is 0.192. The number of rotatable bonds is 5. The second-order valence-corrected chi connectivity index (χ2v) is 5.49. The van der Waals surface area contributed by atoms with Crippen LogP contribution >= 0.6 is 0 Å². The summed E-state index contributed by atoms with van der Waals surface area (Å²) >= 11 is 0. The molecule has 0 aromatic heterocycles. The molecule has 1 N–H and O–H groups in total. The van der Waals surface area contributed by atoms with Crippen LogP contribution in [-0.4, -0.2) is 26.3 Å². The highest BCUT2D eigenvalue weighted by atomic mass is 16.5. The molecule has 106 valence electrons. The monoisotopic (exact) mass is 263 g/mol. The van der Waals surface area contributed by atoms with Gasteiger partial charge < -0.3 is 14.8 Å². The Morgan fingerprint density at radius 2 is 2.26 bits per heavy atom. The van der Waals surface area contributed by atoms with Gasteiger partial charge in [-0.2, -0.15) is 0 Å². The Hall–Kier alpha value is -1.06. The molecule has 3 nitrogen and oxygen atoms in total.